The number of carbonyl (C=O) groups is 1. The van der Waals surface area contributed by atoms with Crippen molar-refractivity contribution in [1.82, 2.24) is 10.2 Å². The van der Waals surface area contributed by atoms with Crippen molar-refractivity contribution >= 4 is 5.91 Å². The number of nitrogens with one attached hydrogen (secondary N) is 1. The van der Waals surface area contributed by atoms with Crippen molar-refractivity contribution in [1.29, 1.82) is 0 Å². The van der Waals surface area contributed by atoms with Crippen LogP contribution < -0.4 is 5.32 Å². The van der Waals surface area contributed by atoms with E-state index in [1.54, 1.807) is 24.1 Å². The highest BCUT2D eigenvalue weighted by Gasteiger charge is 2.58. The first-order valence-corrected chi connectivity index (χ1v) is 7.77. The van der Waals surface area contributed by atoms with Crippen molar-refractivity contribution < 1.29 is 9.18 Å². The lowest BCUT2D eigenvalue weighted by molar-refractivity contribution is -0.134. The summed E-state index contributed by atoms with van der Waals surface area (Å²) in [5.74, 6) is 0.0727. The van der Waals surface area contributed by atoms with Crippen LogP contribution in [0.15, 0.2) is 24.3 Å². The van der Waals surface area contributed by atoms with Crippen molar-refractivity contribution in [3.63, 3.8) is 0 Å². The van der Waals surface area contributed by atoms with Crippen molar-refractivity contribution in [2.24, 2.45) is 11.3 Å². The predicted octanol–water partition coefficient (Wildman–Crippen LogP) is 2.73. The van der Waals surface area contributed by atoms with E-state index in [1.807, 2.05) is 13.0 Å². The predicted molar refractivity (Wildman–Crippen MR) is 80.2 cm³/mol. The maximum absolute atomic E-state index is 13.9. The normalized spacial score (nSPS) is 24.6. The molecule has 1 N–H and O–H groups in total. The summed E-state index contributed by atoms with van der Waals surface area (Å²) < 4.78 is 13.9. The van der Waals surface area contributed by atoms with Crippen molar-refractivity contribution in [3.8, 4) is 0 Å². The fourth-order valence-electron chi connectivity index (χ4n) is 3.63. The number of nitrogens with zero attached hydrogens (tertiary/aromatic N) is 1. The maximum atomic E-state index is 13.9. The van der Waals surface area contributed by atoms with E-state index >= 15 is 0 Å². The molecule has 2 aliphatic rings. The molecule has 1 saturated carbocycles. The number of amides is 1. The molecule has 1 aromatic rings. The molecule has 3 nitrogen and oxygen atoms in total. The van der Waals surface area contributed by atoms with Gasteiger partial charge in [-0.1, -0.05) is 18.2 Å². The standard InChI is InChI=1S/C17H23FN2O/c1-12(13-5-3-4-6-15(13)18)20(2)16(21)14-11-17(14)7-9-19-10-8-17/h3-6,12,14,19H,7-11H2,1-2H3/t12-,14+/m0/s1. The van der Waals surface area contributed by atoms with E-state index < -0.39 is 0 Å². The number of hydrogen-bond donors (Lipinski definition) is 1. The second-order valence-corrected chi connectivity index (χ2v) is 6.52. The molecule has 1 aromatic carbocycles. The highest BCUT2D eigenvalue weighted by Crippen LogP contribution is 2.59. The molecule has 0 unspecified atom stereocenters. The van der Waals surface area contributed by atoms with Gasteiger partial charge >= 0.3 is 0 Å². The molecule has 4 heteroatoms. The number of carbonyl (C=O) groups excluding carboxylic acids is 1. The second kappa shape index (κ2) is 5.41. The molecule has 1 amide bonds. The van der Waals surface area contributed by atoms with Gasteiger partial charge in [-0.25, -0.2) is 4.39 Å². The van der Waals surface area contributed by atoms with Crippen molar-refractivity contribution in [3.05, 3.63) is 35.6 Å². The van der Waals surface area contributed by atoms with Gasteiger partial charge in [0.25, 0.3) is 0 Å². The molecule has 0 bridgehead atoms. The molecule has 0 radical (unpaired) electrons. The van der Waals surface area contributed by atoms with Gasteiger partial charge < -0.3 is 10.2 Å². The zero-order valence-electron chi connectivity index (χ0n) is 12.7. The average molecular weight is 290 g/mol. The molecule has 1 heterocycles. The molecule has 2 fully saturated rings. The van der Waals surface area contributed by atoms with Crippen LogP contribution in [-0.4, -0.2) is 30.9 Å². The first-order chi connectivity index (χ1) is 10.1. The Bertz CT molecular complexity index is 539. The van der Waals surface area contributed by atoms with Gasteiger partial charge in [-0.3, -0.25) is 4.79 Å². The van der Waals surface area contributed by atoms with Crippen molar-refractivity contribution in [2.45, 2.75) is 32.2 Å². The number of rotatable bonds is 3. The first-order valence-electron chi connectivity index (χ1n) is 7.77. The van der Waals surface area contributed by atoms with Gasteiger partial charge in [0.15, 0.2) is 0 Å². The Kier molecular flexibility index (Phi) is 3.74. The number of hydrogen-bond acceptors (Lipinski definition) is 2. The lowest BCUT2D eigenvalue weighted by Crippen LogP contribution is -2.36. The minimum atomic E-state index is -0.239. The van der Waals surface area contributed by atoms with E-state index in [0.29, 0.717) is 5.56 Å². The summed E-state index contributed by atoms with van der Waals surface area (Å²) >= 11 is 0. The quantitative estimate of drug-likeness (QED) is 0.928. The second-order valence-electron chi connectivity index (χ2n) is 6.52. The van der Waals surface area contributed by atoms with Gasteiger partial charge in [-0.2, -0.15) is 0 Å². The third-order valence-electron chi connectivity index (χ3n) is 5.37. The Morgan fingerprint density at radius 1 is 1.38 bits per heavy atom. The van der Waals surface area contributed by atoms with Crippen LogP contribution in [0.4, 0.5) is 4.39 Å². The molecule has 1 spiro atoms. The van der Waals surface area contributed by atoms with Crippen LogP contribution in [-0.2, 0) is 4.79 Å². The van der Waals surface area contributed by atoms with Gasteiger partial charge in [0.05, 0.1) is 6.04 Å². The Hall–Kier alpha value is -1.42. The summed E-state index contributed by atoms with van der Waals surface area (Å²) in [5.41, 5.74) is 0.819. The van der Waals surface area contributed by atoms with Crippen LogP contribution in [0, 0.1) is 17.2 Å². The third kappa shape index (κ3) is 2.57. The lowest BCUT2D eigenvalue weighted by Gasteiger charge is -2.28. The summed E-state index contributed by atoms with van der Waals surface area (Å²) in [7, 11) is 1.80. The molecule has 1 saturated heterocycles. The molecule has 1 aliphatic heterocycles. The largest absolute Gasteiger partial charge is 0.339 e. The monoisotopic (exact) mass is 290 g/mol. The van der Waals surface area contributed by atoms with Crippen LogP contribution in [0.25, 0.3) is 0 Å². The summed E-state index contributed by atoms with van der Waals surface area (Å²) in [6.45, 7) is 3.92. The fourth-order valence-corrected chi connectivity index (χ4v) is 3.63. The van der Waals surface area contributed by atoms with Gasteiger partial charge in [-0.05, 0) is 50.8 Å². The van der Waals surface area contributed by atoms with E-state index in [1.165, 1.54) is 6.07 Å². The zero-order valence-corrected chi connectivity index (χ0v) is 12.7. The average Bonchev–Trinajstić information content (AvgIpc) is 3.19. The Morgan fingerprint density at radius 3 is 2.71 bits per heavy atom. The van der Waals surface area contributed by atoms with E-state index in [-0.39, 0.29) is 29.1 Å². The van der Waals surface area contributed by atoms with Gasteiger partial charge in [-0.15, -0.1) is 0 Å². The first kappa shape index (κ1) is 14.5. The highest BCUT2D eigenvalue weighted by molar-refractivity contribution is 5.83. The molecule has 0 aromatic heterocycles. The highest BCUT2D eigenvalue weighted by atomic mass is 19.1. The molecule has 114 valence electrons. The van der Waals surface area contributed by atoms with E-state index in [4.69, 9.17) is 0 Å². The van der Waals surface area contributed by atoms with E-state index in [2.05, 4.69) is 5.32 Å². The number of benzene rings is 1. The minimum Gasteiger partial charge on any atom is -0.339 e. The van der Waals surface area contributed by atoms with Gasteiger partial charge in [0.2, 0.25) is 5.91 Å². The van der Waals surface area contributed by atoms with Crippen LogP contribution in [0.1, 0.15) is 37.8 Å². The third-order valence-corrected chi connectivity index (χ3v) is 5.37. The zero-order chi connectivity index (χ0) is 15.0. The molecular weight excluding hydrogens is 267 g/mol. The summed E-state index contributed by atoms with van der Waals surface area (Å²) in [5, 5.41) is 3.35. The molecule has 1 aliphatic carbocycles. The minimum absolute atomic E-state index is 0.138. The van der Waals surface area contributed by atoms with Crippen LogP contribution >= 0.6 is 0 Å². The van der Waals surface area contributed by atoms with E-state index in [0.717, 1.165) is 32.4 Å². The van der Waals surface area contributed by atoms with Gasteiger partial charge in [0.1, 0.15) is 5.82 Å². The molecule has 3 rings (SSSR count). The van der Waals surface area contributed by atoms with Crippen LogP contribution in [0.5, 0.6) is 0 Å². The molecule has 21 heavy (non-hydrogen) atoms. The summed E-state index contributed by atoms with van der Waals surface area (Å²) in [6, 6.07) is 6.49. The maximum Gasteiger partial charge on any atom is 0.226 e. The van der Waals surface area contributed by atoms with Gasteiger partial charge in [0, 0.05) is 18.5 Å². The van der Waals surface area contributed by atoms with E-state index in [9.17, 15) is 9.18 Å². The van der Waals surface area contributed by atoms with Crippen LogP contribution in [0.3, 0.4) is 0 Å². The lowest BCUT2D eigenvalue weighted by atomic mass is 9.91. The van der Waals surface area contributed by atoms with Crippen molar-refractivity contribution in [2.75, 3.05) is 20.1 Å². The summed E-state index contributed by atoms with van der Waals surface area (Å²) in [4.78, 5) is 14.4. The Labute approximate surface area is 125 Å². The fraction of sp³-hybridized carbons (Fsp3) is 0.588. The van der Waals surface area contributed by atoms with Crippen LogP contribution in [0.2, 0.25) is 0 Å². The Balaban J connectivity index is 1.69. The molecular formula is C17H23FN2O. The number of halogens is 1. The summed E-state index contributed by atoms with van der Waals surface area (Å²) in [6.07, 6.45) is 3.18. The SMILES string of the molecule is C[C@@H](c1ccccc1F)N(C)C(=O)[C@H]1CC12CCNCC2. The Morgan fingerprint density at radius 2 is 2.05 bits per heavy atom. The number of piperidine rings is 1. The molecule has 2 atom stereocenters. The smallest absolute Gasteiger partial charge is 0.226 e. The topological polar surface area (TPSA) is 32.3 Å².